The smallest absolute Gasteiger partial charge is 0.264 e. The van der Waals surface area contributed by atoms with Crippen LogP contribution < -0.4 is 4.90 Å². The van der Waals surface area contributed by atoms with Gasteiger partial charge in [0.2, 0.25) is 0 Å². The second-order valence-electron chi connectivity index (χ2n) is 7.57. The lowest BCUT2D eigenvalue weighted by atomic mass is 9.83. The molecule has 0 saturated carbocycles. The quantitative estimate of drug-likeness (QED) is 0.742. The van der Waals surface area contributed by atoms with Gasteiger partial charge in [-0.05, 0) is 18.9 Å². The van der Waals surface area contributed by atoms with E-state index in [0.29, 0.717) is 19.5 Å². The van der Waals surface area contributed by atoms with E-state index in [0.717, 1.165) is 29.8 Å². The Morgan fingerprint density at radius 3 is 3.04 bits per heavy atom. The maximum atomic E-state index is 13.4. The number of aliphatic hydroxyl groups is 1. The molecule has 7 nitrogen and oxygen atoms in total. The largest absolute Gasteiger partial charge is 0.396 e. The van der Waals surface area contributed by atoms with Gasteiger partial charge in [0.1, 0.15) is 0 Å². The first-order valence-corrected chi connectivity index (χ1v) is 9.80. The minimum Gasteiger partial charge on any atom is -0.396 e. The van der Waals surface area contributed by atoms with Gasteiger partial charge >= 0.3 is 0 Å². The van der Waals surface area contributed by atoms with E-state index < -0.39 is 5.60 Å². The zero-order valence-corrected chi connectivity index (χ0v) is 16.1. The number of aryl methyl sites for hydroxylation is 1. The second-order valence-corrected chi connectivity index (χ2v) is 7.57. The second kappa shape index (κ2) is 7.48. The van der Waals surface area contributed by atoms with E-state index in [1.165, 1.54) is 0 Å². The van der Waals surface area contributed by atoms with Crippen LogP contribution in [0.1, 0.15) is 31.0 Å². The molecule has 2 aliphatic heterocycles. The minimum atomic E-state index is -0.908. The van der Waals surface area contributed by atoms with E-state index in [1.54, 1.807) is 15.7 Å². The molecule has 1 spiro atoms. The summed E-state index contributed by atoms with van der Waals surface area (Å²) < 4.78 is 8.26. The molecule has 2 aromatic rings. The number of ether oxygens (including phenoxy) is 1. The molecule has 3 heterocycles. The molecule has 1 aromatic heterocycles. The van der Waals surface area contributed by atoms with Crippen molar-refractivity contribution in [1.82, 2.24) is 15.0 Å². The van der Waals surface area contributed by atoms with Crippen LogP contribution in [0.25, 0.3) is 0 Å². The van der Waals surface area contributed by atoms with Crippen LogP contribution in [0.2, 0.25) is 0 Å². The number of benzene rings is 1. The third kappa shape index (κ3) is 2.95. The van der Waals surface area contributed by atoms with E-state index in [-0.39, 0.29) is 24.5 Å². The third-order valence-electron chi connectivity index (χ3n) is 5.77. The van der Waals surface area contributed by atoms with E-state index in [9.17, 15) is 4.79 Å². The fourth-order valence-corrected chi connectivity index (χ4v) is 4.47. The molecule has 1 N–H and O–H groups in total. The maximum absolute atomic E-state index is 13.4. The number of amides is 1. The van der Waals surface area contributed by atoms with Gasteiger partial charge in [0.15, 0.2) is 5.60 Å². The van der Waals surface area contributed by atoms with E-state index in [1.807, 2.05) is 30.5 Å². The van der Waals surface area contributed by atoms with Crippen LogP contribution in [-0.4, -0.2) is 45.3 Å². The summed E-state index contributed by atoms with van der Waals surface area (Å²) in [5.41, 5.74) is 1.75. The lowest BCUT2D eigenvalue weighted by Gasteiger charge is -2.28. The monoisotopic (exact) mass is 382 g/mol. The predicted octanol–water partition coefficient (Wildman–Crippen LogP) is 2.06. The first-order chi connectivity index (χ1) is 13.6. The number of anilines is 1. The number of carbonyl (C=O) groups excluding carboxylic acids is 1. The van der Waals surface area contributed by atoms with Crippen molar-refractivity contribution in [2.24, 2.45) is 5.92 Å². The molecule has 7 heteroatoms. The number of hydrogen-bond donors (Lipinski definition) is 1. The molecular weight excluding hydrogens is 356 g/mol. The van der Waals surface area contributed by atoms with Crippen molar-refractivity contribution in [3.05, 3.63) is 54.4 Å². The number of rotatable bonds is 7. The van der Waals surface area contributed by atoms with Gasteiger partial charge in [-0.15, -0.1) is 11.7 Å². The molecule has 1 aromatic carbocycles. The van der Waals surface area contributed by atoms with Crippen molar-refractivity contribution in [3.63, 3.8) is 0 Å². The first kappa shape index (κ1) is 18.8. The van der Waals surface area contributed by atoms with Gasteiger partial charge in [0.05, 0.1) is 17.5 Å². The van der Waals surface area contributed by atoms with Crippen LogP contribution in [0, 0.1) is 5.92 Å². The summed E-state index contributed by atoms with van der Waals surface area (Å²) in [4.78, 5) is 15.2. The molecule has 0 radical (unpaired) electrons. The van der Waals surface area contributed by atoms with E-state index >= 15 is 0 Å². The van der Waals surface area contributed by atoms with Gasteiger partial charge in [0, 0.05) is 43.8 Å². The van der Waals surface area contributed by atoms with E-state index in [4.69, 9.17) is 9.84 Å². The fraction of sp³-hybridized carbons (Fsp3) is 0.476. The Morgan fingerprint density at radius 2 is 2.25 bits per heavy atom. The summed E-state index contributed by atoms with van der Waals surface area (Å²) in [7, 11) is 0. The van der Waals surface area contributed by atoms with E-state index in [2.05, 4.69) is 23.8 Å². The highest BCUT2D eigenvalue weighted by molar-refractivity contribution is 6.07. The highest BCUT2D eigenvalue weighted by Crippen LogP contribution is 2.53. The van der Waals surface area contributed by atoms with Gasteiger partial charge in [-0.2, -0.15) is 0 Å². The normalized spacial score (nSPS) is 26.2. The van der Waals surface area contributed by atoms with Crippen LogP contribution >= 0.6 is 0 Å². The van der Waals surface area contributed by atoms with Crippen LogP contribution in [0.3, 0.4) is 0 Å². The molecule has 3 atom stereocenters. The fourth-order valence-electron chi connectivity index (χ4n) is 4.47. The number of hydrogen-bond acceptors (Lipinski definition) is 5. The Kier molecular flexibility index (Phi) is 5.03. The lowest BCUT2D eigenvalue weighted by molar-refractivity contribution is -0.145. The van der Waals surface area contributed by atoms with Crippen molar-refractivity contribution in [2.45, 2.75) is 44.4 Å². The van der Waals surface area contributed by atoms with Crippen LogP contribution in [0.15, 0.2) is 43.1 Å². The lowest BCUT2D eigenvalue weighted by Crippen LogP contribution is -2.44. The van der Waals surface area contributed by atoms with Gasteiger partial charge in [-0.25, -0.2) is 0 Å². The number of aromatic nitrogens is 3. The summed E-state index contributed by atoms with van der Waals surface area (Å²) in [5.74, 6) is 0.0937. The molecule has 0 aliphatic carbocycles. The first-order valence-electron chi connectivity index (χ1n) is 9.80. The average molecular weight is 382 g/mol. The molecule has 1 amide bonds. The van der Waals surface area contributed by atoms with Gasteiger partial charge in [-0.1, -0.05) is 36.4 Å². The van der Waals surface area contributed by atoms with Crippen LogP contribution in [0.4, 0.5) is 5.69 Å². The molecule has 1 saturated heterocycles. The number of aliphatic hydroxyl groups excluding tert-OH is 1. The van der Waals surface area contributed by atoms with Crippen molar-refractivity contribution in [3.8, 4) is 0 Å². The molecule has 0 unspecified atom stereocenters. The molecule has 1 fully saturated rings. The SMILES string of the molecule is C=CCN1C(=O)[C@@]2(O[C@@H](CCn3cc(CCO)nn3)C[C@H]2C)c2ccccc21. The van der Waals surface area contributed by atoms with Crippen molar-refractivity contribution in [2.75, 3.05) is 18.1 Å². The number of fused-ring (bicyclic) bond motifs is 2. The Morgan fingerprint density at radius 1 is 1.43 bits per heavy atom. The highest BCUT2D eigenvalue weighted by Gasteiger charge is 2.59. The number of nitrogens with zero attached hydrogens (tertiary/aromatic N) is 4. The number of carbonyl (C=O) groups is 1. The van der Waals surface area contributed by atoms with Crippen LogP contribution in [-0.2, 0) is 28.1 Å². The summed E-state index contributed by atoms with van der Waals surface area (Å²) in [6.45, 7) is 7.10. The molecular formula is C21H26N4O3. The van der Waals surface area contributed by atoms with Crippen molar-refractivity contribution < 1.29 is 14.6 Å². The maximum Gasteiger partial charge on any atom is 0.264 e. The highest BCUT2D eigenvalue weighted by atomic mass is 16.5. The Balaban J connectivity index is 1.52. The number of para-hydroxylation sites is 1. The van der Waals surface area contributed by atoms with Gasteiger partial charge in [0.25, 0.3) is 5.91 Å². The zero-order chi connectivity index (χ0) is 19.7. The van der Waals surface area contributed by atoms with Crippen LogP contribution in [0.5, 0.6) is 0 Å². The summed E-state index contributed by atoms with van der Waals surface area (Å²) in [6.07, 6.45) is 5.66. The topological polar surface area (TPSA) is 80.5 Å². The Labute approximate surface area is 164 Å². The average Bonchev–Trinajstić information content (AvgIpc) is 3.34. The molecule has 0 bridgehead atoms. The summed E-state index contributed by atoms with van der Waals surface area (Å²) in [5, 5.41) is 17.2. The Hall–Kier alpha value is -2.51. The Bertz CT molecular complexity index is 880. The zero-order valence-electron chi connectivity index (χ0n) is 16.1. The molecule has 4 rings (SSSR count). The predicted molar refractivity (Wildman–Crippen MR) is 105 cm³/mol. The molecule has 148 valence electrons. The van der Waals surface area contributed by atoms with Crippen molar-refractivity contribution in [1.29, 1.82) is 0 Å². The summed E-state index contributed by atoms with van der Waals surface area (Å²) in [6, 6.07) is 7.90. The summed E-state index contributed by atoms with van der Waals surface area (Å²) >= 11 is 0. The standard InChI is InChI=1S/C21H26N4O3/c1-3-10-25-19-7-5-4-6-18(19)21(20(25)27)15(2)13-17(28-21)8-11-24-14-16(9-12-26)22-23-24/h3-7,14-15,17,26H,1,8-13H2,2H3/t15-,17+,21+/m1/s1. The molecule has 2 aliphatic rings. The minimum absolute atomic E-state index is 0.00888. The van der Waals surface area contributed by atoms with Crippen molar-refractivity contribution >= 4 is 11.6 Å². The third-order valence-corrected chi connectivity index (χ3v) is 5.77. The van der Waals surface area contributed by atoms with Gasteiger partial charge < -0.3 is 14.7 Å². The van der Waals surface area contributed by atoms with Gasteiger partial charge in [-0.3, -0.25) is 9.48 Å². The molecule has 28 heavy (non-hydrogen) atoms.